The third-order valence-electron chi connectivity index (χ3n) is 4.01. The van der Waals surface area contributed by atoms with Crippen molar-refractivity contribution in [3.05, 3.63) is 53.2 Å². The molecule has 6 nitrogen and oxygen atoms in total. The van der Waals surface area contributed by atoms with Crippen molar-refractivity contribution in [2.24, 2.45) is 11.7 Å². The predicted octanol–water partition coefficient (Wildman–Crippen LogP) is 2.30. The van der Waals surface area contributed by atoms with Crippen LogP contribution in [0.3, 0.4) is 0 Å². The van der Waals surface area contributed by atoms with Crippen LogP contribution in [0, 0.1) is 5.92 Å². The van der Waals surface area contributed by atoms with Crippen LogP contribution in [0.2, 0.25) is 5.02 Å². The van der Waals surface area contributed by atoms with Crippen molar-refractivity contribution in [1.29, 1.82) is 0 Å². The summed E-state index contributed by atoms with van der Waals surface area (Å²) in [7, 11) is 0. The van der Waals surface area contributed by atoms with Crippen LogP contribution in [-0.2, 0) is 4.79 Å². The summed E-state index contributed by atoms with van der Waals surface area (Å²) in [4.78, 5) is 29.8. The average molecular weight is 345 g/mol. The van der Waals surface area contributed by atoms with Crippen LogP contribution in [0.25, 0.3) is 0 Å². The van der Waals surface area contributed by atoms with Crippen molar-refractivity contribution in [3.8, 4) is 0 Å². The molecule has 0 saturated carbocycles. The number of aromatic nitrogens is 1. The van der Waals surface area contributed by atoms with Crippen LogP contribution in [0.1, 0.15) is 16.8 Å². The standard InChI is InChI=1S/C17H17ClN4O2/c18-13-2-1-3-14(8-13)21-17(24)11-4-5-15(20-9-11)22-7-6-12(10-22)16(19)23/h1-5,8-9,12H,6-7,10H2,(H2,19,23)(H,21,24). The zero-order valence-corrected chi connectivity index (χ0v) is 13.7. The molecule has 3 rings (SSSR count). The first-order valence-electron chi connectivity index (χ1n) is 7.60. The highest BCUT2D eigenvalue weighted by molar-refractivity contribution is 6.30. The number of nitrogens with two attached hydrogens (primary N) is 1. The Bertz CT molecular complexity index is 763. The van der Waals surface area contributed by atoms with E-state index >= 15 is 0 Å². The van der Waals surface area contributed by atoms with Crippen molar-refractivity contribution in [1.82, 2.24) is 4.98 Å². The van der Waals surface area contributed by atoms with Gasteiger partial charge >= 0.3 is 0 Å². The molecule has 1 fully saturated rings. The molecular weight excluding hydrogens is 328 g/mol. The summed E-state index contributed by atoms with van der Waals surface area (Å²) >= 11 is 5.90. The van der Waals surface area contributed by atoms with E-state index in [0.717, 1.165) is 18.8 Å². The summed E-state index contributed by atoms with van der Waals surface area (Å²) in [6.45, 7) is 1.30. The number of carbonyl (C=O) groups excluding carboxylic acids is 2. The molecule has 1 aliphatic heterocycles. The fourth-order valence-electron chi connectivity index (χ4n) is 2.68. The number of nitrogens with zero attached hydrogens (tertiary/aromatic N) is 2. The van der Waals surface area contributed by atoms with E-state index in [1.165, 1.54) is 6.20 Å². The van der Waals surface area contributed by atoms with E-state index in [9.17, 15) is 9.59 Å². The number of hydrogen-bond donors (Lipinski definition) is 2. The minimum atomic E-state index is -0.282. The Balaban J connectivity index is 1.66. The number of hydrogen-bond acceptors (Lipinski definition) is 4. The van der Waals surface area contributed by atoms with Crippen molar-refractivity contribution in [2.45, 2.75) is 6.42 Å². The van der Waals surface area contributed by atoms with Gasteiger partial charge in [-0.3, -0.25) is 9.59 Å². The molecule has 2 heterocycles. The van der Waals surface area contributed by atoms with Crippen LogP contribution in [0.4, 0.5) is 11.5 Å². The summed E-state index contributed by atoms with van der Waals surface area (Å²) < 4.78 is 0. The zero-order valence-electron chi connectivity index (χ0n) is 12.9. The molecule has 1 aliphatic rings. The Kier molecular flexibility index (Phi) is 4.66. The van der Waals surface area contributed by atoms with Gasteiger partial charge in [-0.1, -0.05) is 17.7 Å². The van der Waals surface area contributed by atoms with E-state index in [4.69, 9.17) is 17.3 Å². The van der Waals surface area contributed by atoms with Gasteiger partial charge in [0, 0.05) is 30.0 Å². The van der Waals surface area contributed by atoms with Crippen molar-refractivity contribution in [2.75, 3.05) is 23.3 Å². The minimum Gasteiger partial charge on any atom is -0.369 e. The fraction of sp³-hybridized carbons (Fsp3) is 0.235. The SMILES string of the molecule is NC(=O)C1CCN(c2ccc(C(=O)Nc3cccc(Cl)c3)cn2)C1. The second kappa shape index (κ2) is 6.88. The molecule has 1 unspecified atom stereocenters. The van der Waals surface area contributed by atoms with Crippen molar-refractivity contribution in [3.63, 3.8) is 0 Å². The van der Waals surface area contributed by atoms with Crippen molar-refractivity contribution < 1.29 is 9.59 Å². The number of anilines is 2. The van der Waals surface area contributed by atoms with Gasteiger partial charge in [-0.15, -0.1) is 0 Å². The normalized spacial score (nSPS) is 16.9. The molecule has 1 aromatic carbocycles. The molecular formula is C17H17ClN4O2. The average Bonchev–Trinajstić information content (AvgIpc) is 3.05. The lowest BCUT2D eigenvalue weighted by Gasteiger charge is -2.17. The number of rotatable bonds is 4. The van der Waals surface area contributed by atoms with E-state index < -0.39 is 0 Å². The fourth-order valence-corrected chi connectivity index (χ4v) is 2.87. The number of nitrogens with one attached hydrogen (secondary N) is 1. The molecule has 24 heavy (non-hydrogen) atoms. The molecule has 1 atom stereocenters. The maximum absolute atomic E-state index is 12.2. The maximum Gasteiger partial charge on any atom is 0.257 e. The summed E-state index contributed by atoms with van der Waals surface area (Å²) in [5, 5.41) is 3.33. The highest BCUT2D eigenvalue weighted by Crippen LogP contribution is 2.22. The van der Waals surface area contributed by atoms with Crippen molar-refractivity contribution >= 4 is 34.9 Å². The third kappa shape index (κ3) is 3.65. The monoisotopic (exact) mass is 344 g/mol. The molecule has 2 aromatic rings. The molecule has 0 spiro atoms. The van der Waals surface area contributed by atoms with Gasteiger partial charge < -0.3 is 16.0 Å². The highest BCUT2D eigenvalue weighted by Gasteiger charge is 2.27. The second-order valence-electron chi connectivity index (χ2n) is 5.70. The Morgan fingerprint density at radius 2 is 2.12 bits per heavy atom. The zero-order chi connectivity index (χ0) is 17.1. The number of primary amides is 1. The predicted molar refractivity (Wildman–Crippen MR) is 93.2 cm³/mol. The lowest BCUT2D eigenvalue weighted by molar-refractivity contribution is -0.121. The minimum absolute atomic E-state index is 0.141. The molecule has 3 N–H and O–H groups in total. The second-order valence-corrected chi connectivity index (χ2v) is 6.14. The Labute approximate surface area is 144 Å². The first-order valence-corrected chi connectivity index (χ1v) is 7.98. The molecule has 2 amide bonds. The Hall–Kier alpha value is -2.60. The molecule has 124 valence electrons. The van der Waals surface area contributed by atoms with Crippen LogP contribution in [-0.4, -0.2) is 29.9 Å². The van der Waals surface area contributed by atoms with Gasteiger partial charge in [0.25, 0.3) is 5.91 Å². The molecule has 0 radical (unpaired) electrons. The number of carbonyl (C=O) groups is 2. The third-order valence-corrected chi connectivity index (χ3v) is 4.24. The molecule has 1 saturated heterocycles. The van der Waals surface area contributed by atoms with Crippen LogP contribution >= 0.6 is 11.6 Å². The first-order chi connectivity index (χ1) is 11.5. The topological polar surface area (TPSA) is 88.3 Å². The van der Waals surface area contributed by atoms with Crippen LogP contribution in [0.5, 0.6) is 0 Å². The summed E-state index contributed by atoms with van der Waals surface area (Å²) in [6, 6.07) is 10.4. The van der Waals surface area contributed by atoms with E-state index in [2.05, 4.69) is 10.3 Å². The highest BCUT2D eigenvalue weighted by atomic mass is 35.5. The van der Waals surface area contributed by atoms with Crippen LogP contribution in [0.15, 0.2) is 42.6 Å². The smallest absolute Gasteiger partial charge is 0.257 e. The van der Waals surface area contributed by atoms with Gasteiger partial charge in [-0.2, -0.15) is 0 Å². The number of amides is 2. The Morgan fingerprint density at radius 3 is 2.75 bits per heavy atom. The van der Waals surface area contributed by atoms with E-state index in [1.807, 2.05) is 4.90 Å². The summed E-state index contributed by atoms with van der Waals surface area (Å²) in [6.07, 6.45) is 2.25. The number of pyridine rings is 1. The lowest BCUT2D eigenvalue weighted by atomic mass is 10.1. The molecule has 7 heteroatoms. The quantitative estimate of drug-likeness (QED) is 0.890. The van der Waals surface area contributed by atoms with E-state index in [0.29, 0.717) is 22.8 Å². The van der Waals surface area contributed by atoms with Gasteiger partial charge in [0.05, 0.1) is 11.5 Å². The summed E-state index contributed by atoms with van der Waals surface area (Å²) in [5.41, 5.74) is 6.41. The van der Waals surface area contributed by atoms with Gasteiger partial charge in [-0.25, -0.2) is 4.98 Å². The van der Waals surface area contributed by atoms with Gasteiger partial charge in [0.15, 0.2) is 0 Å². The van der Waals surface area contributed by atoms with Gasteiger partial charge in [0.2, 0.25) is 5.91 Å². The Morgan fingerprint density at radius 1 is 1.29 bits per heavy atom. The largest absolute Gasteiger partial charge is 0.369 e. The number of halogens is 1. The first kappa shape index (κ1) is 16.3. The van der Waals surface area contributed by atoms with E-state index in [-0.39, 0.29) is 17.7 Å². The molecule has 0 aliphatic carbocycles. The molecule has 0 bridgehead atoms. The molecule has 1 aromatic heterocycles. The number of benzene rings is 1. The van der Waals surface area contributed by atoms with E-state index in [1.54, 1.807) is 36.4 Å². The lowest BCUT2D eigenvalue weighted by Crippen LogP contribution is -2.27. The van der Waals surface area contributed by atoms with Gasteiger partial charge in [-0.05, 0) is 36.8 Å². The maximum atomic E-state index is 12.2. The van der Waals surface area contributed by atoms with Crippen LogP contribution < -0.4 is 16.0 Å². The summed E-state index contributed by atoms with van der Waals surface area (Å²) in [5.74, 6) is 0.0541. The van der Waals surface area contributed by atoms with Gasteiger partial charge in [0.1, 0.15) is 5.82 Å².